The molecule has 0 radical (unpaired) electrons. The van der Waals surface area contributed by atoms with E-state index in [-0.39, 0.29) is 0 Å². The van der Waals surface area contributed by atoms with Crippen LogP contribution in [0, 0.1) is 5.92 Å². The standard InChI is InChI=1S/C18H26Si/c1-19(2,3)18-13-16(10-7-11-17(18)14-18)12-15-8-5-4-6-9-15/h4-6,8-9,13,17H,7,10-12,14H2,1-3H3. The van der Waals surface area contributed by atoms with E-state index < -0.39 is 8.07 Å². The maximum atomic E-state index is 2.74. The predicted octanol–water partition coefficient (Wildman–Crippen LogP) is 5.44. The van der Waals surface area contributed by atoms with E-state index in [0.29, 0.717) is 5.04 Å². The third-order valence-corrected chi connectivity index (χ3v) is 8.88. The van der Waals surface area contributed by atoms with Crippen LogP contribution in [0.4, 0.5) is 0 Å². The third kappa shape index (κ3) is 2.45. The van der Waals surface area contributed by atoms with Crippen molar-refractivity contribution in [3.8, 4) is 0 Å². The van der Waals surface area contributed by atoms with Gasteiger partial charge in [-0.1, -0.05) is 61.6 Å². The summed E-state index contributed by atoms with van der Waals surface area (Å²) in [6.07, 6.45) is 9.62. The summed E-state index contributed by atoms with van der Waals surface area (Å²) < 4.78 is 0. The second-order valence-electron chi connectivity index (χ2n) is 7.55. The highest BCUT2D eigenvalue weighted by Gasteiger charge is 2.59. The van der Waals surface area contributed by atoms with Gasteiger partial charge in [0.05, 0.1) is 8.07 Å². The van der Waals surface area contributed by atoms with Gasteiger partial charge in [-0.3, -0.25) is 0 Å². The van der Waals surface area contributed by atoms with Crippen molar-refractivity contribution in [2.75, 3.05) is 0 Å². The summed E-state index contributed by atoms with van der Waals surface area (Å²) in [5.74, 6) is 1.02. The fraction of sp³-hybridized carbons (Fsp3) is 0.556. The molecule has 0 bridgehead atoms. The SMILES string of the molecule is C[Si](C)(C)C12C=C(Cc3ccccc3)CCCC1C2. The zero-order valence-electron chi connectivity index (χ0n) is 12.6. The van der Waals surface area contributed by atoms with Crippen LogP contribution in [0.5, 0.6) is 0 Å². The van der Waals surface area contributed by atoms with Crippen LogP contribution in [0.25, 0.3) is 0 Å². The van der Waals surface area contributed by atoms with E-state index >= 15 is 0 Å². The zero-order valence-corrected chi connectivity index (χ0v) is 13.6. The van der Waals surface area contributed by atoms with E-state index in [1.54, 1.807) is 5.57 Å². The first-order chi connectivity index (χ1) is 9.01. The molecule has 1 saturated carbocycles. The van der Waals surface area contributed by atoms with Crippen LogP contribution < -0.4 is 0 Å². The quantitative estimate of drug-likeness (QED) is 0.507. The second kappa shape index (κ2) is 4.62. The molecule has 1 heteroatoms. The molecule has 2 atom stereocenters. The van der Waals surface area contributed by atoms with Gasteiger partial charge in [0.15, 0.2) is 0 Å². The monoisotopic (exact) mass is 270 g/mol. The van der Waals surface area contributed by atoms with Gasteiger partial charge in [0.2, 0.25) is 0 Å². The Labute approximate surface area is 118 Å². The molecule has 0 aromatic heterocycles. The van der Waals surface area contributed by atoms with Crippen LogP contribution in [0.1, 0.15) is 31.2 Å². The number of fused-ring (bicyclic) bond motifs is 1. The second-order valence-corrected chi connectivity index (χ2v) is 13.0. The molecular weight excluding hydrogens is 244 g/mol. The third-order valence-electron chi connectivity index (χ3n) is 5.34. The molecular formula is C18H26Si. The van der Waals surface area contributed by atoms with Crippen LogP contribution in [0.3, 0.4) is 0 Å². The summed E-state index contributed by atoms with van der Waals surface area (Å²) in [5, 5.41) is 0.646. The number of allylic oxidation sites excluding steroid dienone is 2. The Balaban J connectivity index is 1.85. The first-order valence-corrected chi connectivity index (χ1v) is 11.3. The molecule has 0 amide bonds. The number of benzene rings is 1. The van der Waals surface area contributed by atoms with Gasteiger partial charge in [-0.2, -0.15) is 0 Å². The normalized spacial score (nSPS) is 30.3. The average Bonchev–Trinajstić information content (AvgIpc) is 3.04. The summed E-state index contributed by atoms with van der Waals surface area (Å²) in [7, 11) is -1.07. The lowest BCUT2D eigenvalue weighted by molar-refractivity contribution is 0.658. The van der Waals surface area contributed by atoms with Crippen LogP contribution in [-0.2, 0) is 6.42 Å². The van der Waals surface area contributed by atoms with Gasteiger partial charge in [0.1, 0.15) is 0 Å². The maximum absolute atomic E-state index is 2.74. The first-order valence-electron chi connectivity index (χ1n) is 7.76. The van der Waals surface area contributed by atoms with Crippen molar-refractivity contribution in [2.45, 2.75) is 56.8 Å². The highest BCUT2D eigenvalue weighted by atomic mass is 28.3. The van der Waals surface area contributed by atoms with Crippen molar-refractivity contribution in [3.05, 3.63) is 47.5 Å². The lowest BCUT2D eigenvalue weighted by atomic mass is 10.0. The first kappa shape index (κ1) is 13.2. The van der Waals surface area contributed by atoms with E-state index in [9.17, 15) is 0 Å². The van der Waals surface area contributed by atoms with E-state index in [0.717, 1.165) is 5.92 Å². The summed E-state index contributed by atoms with van der Waals surface area (Å²) in [6.45, 7) is 7.69. The molecule has 0 aliphatic heterocycles. The Hall–Kier alpha value is -0.823. The molecule has 2 unspecified atom stereocenters. The van der Waals surface area contributed by atoms with Crippen molar-refractivity contribution >= 4 is 8.07 Å². The summed E-state index contributed by atoms with van der Waals surface area (Å²) >= 11 is 0. The van der Waals surface area contributed by atoms with Crippen molar-refractivity contribution in [2.24, 2.45) is 5.92 Å². The molecule has 102 valence electrons. The molecule has 1 aromatic rings. The Kier molecular flexibility index (Phi) is 3.21. The lowest BCUT2D eigenvalue weighted by Crippen LogP contribution is -2.30. The van der Waals surface area contributed by atoms with Gasteiger partial charge < -0.3 is 0 Å². The zero-order chi connectivity index (χ0) is 13.5. The van der Waals surface area contributed by atoms with E-state index in [1.165, 1.54) is 37.7 Å². The molecule has 2 aliphatic carbocycles. The van der Waals surface area contributed by atoms with Crippen molar-refractivity contribution in [1.82, 2.24) is 0 Å². The predicted molar refractivity (Wildman–Crippen MR) is 86.2 cm³/mol. The Morgan fingerprint density at radius 2 is 1.89 bits per heavy atom. The molecule has 0 spiro atoms. The molecule has 0 N–H and O–H groups in total. The minimum absolute atomic E-state index is 0.646. The minimum atomic E-state index is -1.07. The number of hydrogen-bond donors (Lipinski definition) is 0. The Morgan fingerprint density at radius 3 is 2.58 bits per heavy atom. The summed E-state index contributed by atoms with van der Waals surface area (Å²) in [5.41, 5.74) is 3.20. The van der Waals surface area contributed by atoms with E-state index in [1.807, 2.05) is 0 Å². The summed E-state index contributed by atoms with van der Waals surface area (Å²) in [4.78, 5) is 0. The Morgan fingerprint density at radius 1 is 1.16 bits per heavy atom. The molecule has 1 aromatic carbocycles. The molecule has 0 saturated heterocycles. The van der Waals surface area contributed by atoms with Crippen LogP contribution in [0.15, 0.2) is 42.0 Å². The lowest BCUT2D eigenvalue weighted by Gasteiger charge is -2.28. The number of rotatable bonds is 3. The van der Waals surface area contributed by atoms with Crippen LogP contribution >= 0.6 is 0 Å². The van der Waals surface area contributed by atoms with Crippen molar-refractivity contribution in [1.29, 1.82) is 0 Å². The minimum Gasteiger partial charge on any atom is -0.0812 e. The summed E-state index contributed by atoms with van der Waals surface area (Å²) in [6, 6.07) is 11.0. The molecule has 3 rings (SSSR count). The molecule has 2 aliphatic rings. The smallest absolute Gasteiger partial charge is 0.0553 e. The maximum Gasteiger partial charge on any atom is 0.0553 e. The Bertz CT molecular complexity index is 480. The van der Waals surface area contributed by atoms with Gasteiger partial charge in [-0.15, -0.1) is 0 Å². The van der Waals surface area contributed by atoms with Crippen molar-refractivity contribution in [3.63, 3.8) is 0 Å². The molecule has 1 fully saturated rings. The highest BCUT2D eigenvalue weighted by molar-refractivity contribution is 6.80. The van der Waals surface area contributed by atoms with Crippen molar-refractivity contribution < 1.29 is 0 Å². The molecule has 19 heavy (non-hydrogen) atoms. The largest absolute Gasteiger partial charge is 0.0812 e. The van der Waals surface area contributed by atoms with Gasteiger partial charge in [0.25, 0.3) is 0 Å². The van der Waals surface area contributed by atoms with E-state index in [4.69, 9.17) is 0 Å². The molecule has 0 heterocycles. The van der Waals surface area contributed by atoms with Gasteiger partial charge in [0, 0.05) is 0 Å². The average molecular weight is 270 g/mol. The topological polar surface area (TPSA) is 0 Å². The van der Waals surface area contributed by atoms with Crippen LogP contribution in [-0.4, -0.2) is 8.07 Å². The fourth-order valence-corrected chi connectivity index (χ4v) is 6.89. The molecule has 0 nitrogen and oxygen atoms in total. The highest BCUT2D eigenvalue weighted by Crippen LogP contribution is 2.70. The van der Waals surface area contributed by atoms with Crippen LogP contribution in [0.2, 0.25) is 24.7 Å². The van der Waals surface area contributed by atoms with E-state index in [2.05, 4.69) is 56.0 Å². The number of hydrogen-bond acceptors (Lipinski definition) is 0. The van der Waals surface area contributed by atoms with Gasteiger partial charge in [-0.25, -0.2) is 0 Å². The van der Waals surface area contributed by atoms with Gasteiger partial charge in [-0.05, 0) is 48.6 Å². The fourth-order valence-electron chi connectivity index (χ4n) is 4.03. The van der Waals surface area contributed by atoms with Gasteiger partial charge >= 0.3 is 0 Å².